The lowest BCUT2D eigenvalue weighted by Crippen LogP contribution is -2.55. The predicted molar refractivity (Wildman–Crippen MR) is 489 cm³/mol. The summed E-state index contributed by atoms with van der Waals surface area (Å²) in [6.07, 6.45) is 43.0. The van der Waals surface area contributed by atoms with E-state index in [0.717, 1.165) is 36.5 Å². The molecule has 10 aromatic carbocycles. The molecule has 4 unspecified atom stereocenters. The van der Waals surface area contributed by atoms with Crippen LogP contribution in [0.15, 0.2) is 232 Å². The largest absolute Gasteiger partial charge is 0.310 e. The van der Waals surface area contributed by atoms with E-state index in [-0.39, 0.29) is 21.7 Å². The first kappa shape index (κ1) is 77.8. The molecular weight excluding hydrogens is 1370 g/mol. The van der Waals surface area contributed by atoms with E-state index in [1.54, 1.807) is 33.4 Å². The van der Waals surface area contributed by atoms with Crippen LogP contribution in [0.2, 0.25) is 0 Å². The van der Waals surface area contributed by atoms with E-state index in [0.29, 0.717) is 10.8 Å². The average Bonchev–Trinajstić information content (AvgIpc) is 1.27. The van der Waals surface area contributed by atoms with Crippen LogP contribution in [-0.2, 0) is 45.3 Å². The Bertz CT molecular complexity index is 5000. The molecule has 0 aromatic heterocycles. The molecule has 10 aliphatic carbocycles. The predicted octanol–water partition coefficient (Wildman–Crippen LogP) is 31.8. The van der Waals surface area contributed by atoms with Crippen LogP contribution in [0.4, 0.5) is 34.1 Å². The zero-order valence-corrected chi connectivity index (χ0v) is 70.8. The molecule has 10 aliphatic rings. The third kappa shape index (κ3) is 14.7. The van der Waals surface area contributed by atoms with E-state index >= 15 is 0 Å². The number of hydrogen-bond acceptors (Lipinski definition) is 2. The van der Waals surface area contributed by atoms with Crippen LogP contribution in [0.25, 0.3) is 34.4 Å². The first-order valence-electron chi connectivity index (χ1n) is 45.5. The summed E-state index contributed by atoms with van der Waals surface area (Å²) in [6, 6.07) is 87.1. The van der Waals surface area contributed by atoms with Crippen molar-refractivity contribution in [1.82, 2.24) is 0 Å². The molecule has 10 aromatic rings. The van der Waals surface area contributed by atoms with E-state index < -0.39 is 0 Å². The quantitative estimate of drug-likeness (QED) is 0.0414. The van der Waals surface area contributed by atoms with Gasteiger partial charge in [-0.15, -0.1) is 0 Å². The van der Waals surface area contributed by atoms with Crippen molar-refractivity contribution in [3.05, 3.63) is 309 Å². The van der Waals surface area contributed by atoms with Gasteiger partial charge in [0.05, 0.1) is 0 Å². The molecule has 8 saturated carbocycles. The Balaban J connectivity index is 0.000000168. The Morgan fingerprint density at radius 3 is 1.08 bits per heavy atom. The number of aryl methyl sites for hydroxylation is 4. The molecular formula is C112H130N2. The smallest absolute Gasteiger partial charge is 0.0468 e. The number of rotatable bonds is 30. The van der Waals surface area contributed by atoms with Crippen LogP contribution >= 0.6 is 0 Å². The number of unbranched alkanes of at least 4 members (excludes halogenated alkanes) is 10. The van der Waals surface area contributed by atoms with Crippen LogP contribution < -0.4 is 9.80 Å². The van der Waals surface area contributed by atoms with Crippen molar-refractivity contribution >= 4 is 46.3 Å². The van der Waals surface area contributed by atoms with Crippen molar-refractivity contribution in [2.45, 2.75) is 281 Å². The van der Waals surface area contributed by atoms with Crippen molar-refractivity contribution in [3.63, 3.8) is 0 Å². The van der Waals surface area contributed by atoms with E-state index in [9.17, 15) is 0 Å². The molecule has 0 radical (unpaired) electrons. The minimum Gasteiger partial charge on any atom is -0.310 e. The molecule has 8 fully saturated rings. The summed E-state index contributed by atoms with van der Waals surface area (Å²) in [4.78, 5) is 5.09. The molecule has 0 amide bonds. The molecule has 2 nitrogen and oxygen atoms in total. The van der Waals surface area contributed by atoms with Gasteiger partial charge in [0.25, 0.3) is 0 Å². The number of hydrogen-bond donors (Lipinski definition) is 0. The Hall–Kier alpha value is -8.72. The lowest BCUT2D eigenvalue weighted by atomic mass is 9.41. The van der Waals surface area contributed by atoms with Gasteiger partial charge >= 0.3 is 0 Å². The lowest BCUT2D eigenvalue weighted by Gasteiger charge is -2.63. The third-order valence-corrected chi connectivity index (χ3v) is 30.4. The molecule has 0 aliphatic heterocycles. The van der Waals surface area contributed by atoms with Gasteiger partial charge in [-0.1, -0.05) is 301 Å². The summed E-state index contributed by atoms with van der Waals surface area (Å²) in [7, 11) is 0. The van der Waals surface area contributed by atoms with Gasteiger partial charge in [0.1, 0.15) is 0 Å². The van der Waals surface area contributed by atoms with Crippen molar-refractivity contribution in [3.8, 4) is 22.3 Å². The molecule has 114 heavy (non-hydrogen) atoms. The van der Waals surface area contributed by atoms with Crippen LogP contribution in [0.1, 0.15) is 299 Å². The molecule has 0 heterocycles. The summed E-state index contributed by atoms with van der Waals surface area (Å²) < 4.78 is 0. The summed E-state index contributed by atoms with van der Waals surface area (Å²) in [6.45, 7) is 26.6. The monoisotopic (exact) mass is 1500 g/mol. The average molecular weight is 1500 g/mol. The summed E-state index contributed by atoms with van der Waals surface area (Å²) in [5, 5.41) is 0. The van der Waals surface area contributed by atoms with Gasteiger partial charge < -0.3 is 9.80 Å². The second kappa shape index (κ2) is 32.4. The Kier molecular flexibility index (Phi) is 22.1. The Morgan fingerprint density at radius 1 is 0.316 bits per heavy atom. The minimum atomic E-state index is -0.00673. The molecule has 8 bridgehead atoms. The van der Waals surface area contributed by atoms with Crippen molar-refractivity contribution in [1.29, 1.82) is 0 Å². The molecule has 0 spiro atoms. The maximum atomic E-state index is 4.04. The Morgan fingerprint density at radius 2 is 0.649 bits per heavy atom. The first-order valence-corrected chi connectivity index (χ1v) is 45.5. The molecule has 588 valence electrons. The maximum Gasteiger partial charge on any atom is 0.0468 e. The number of nitrogens with zero attached hydrogens (tertiary/aromatic N) is 2. The van der Waals surface area contributed by atoms with Crippen LogP contribution in [0, 0.1) is 37.5 Å². The number of fused-ring (bicyclic) bond motifs is 6. The van der Waals surface area contributed by atoms with Crippen molar-refractivity contribution < 1.29 is 0 Å². The van der Waals surface area contributed by atoms with Gasteiger partial charge in [-0.05, 0) is 337 Å². The molecule has 20 rings (SSSR count). The maximum absolute atomic E-state index is 4.04. The molecule has 0 saturated heterocycles. The van der Waals surface area contributed by atoms with Crippen molar-refractivity contribution in [2.24, 2.45) is 23.7 Å². The van der Waals surface area contributed by atoms with Gasteiger partial charge in [-0.2, -0.15) is 0 Å². The topological polar surface area (TPSA) is 6.48 Å². The van der Waals surface area contributed by atoms with Crippen molar-refractivity contribution in [2.75, 3.05) is 9.80 Å². The van der Waals surface area contributed by atoms with E-state index in [4.69, 9.17) is 0 Å². The fourth-order valence-electron chi connectivity index (χ4n) is 25.5. The zero-order valence-electron chi connectivity index (χ0n) is 70.8. The number of anilines is 6. The van der Waals surface area contributed by atoms with Crippen LogP contribution in [0.5, 0.6) is 0 Å². The zero-order chi connectivity index (χ0) is 78.4. The SMILES string of the molecule is C=Cc1ccc(C23CC4CC(C2)CC(c2ccc(N(c5ccc(CCCC)cc5)c5ccc6c(c5)-c5cc(C)ccc5C6(C)C)cc2)(C4)C3)cc1.C=Cc1ccc(C23CC4CC(C2)CC(c2ccc(N(c5ccc(CCCCCC)cc5)c5ccc6c(c5)C(CCCCCC)(CCCCCC)c5cc(C)ccc5-6)cc2)(C4)C3)cc1. The van der Waals surface area contributed by atoms with E-state index in [1.807, 2.05) is 12.2 Å². The van der Waals surface area contributed by atoms with Gasteiger partial charge in [0.2, 0.25) is 0 Å². The fourth-order valence-corrected chi connectivity index (χ4v) is 25.5. The first-order chi connectivity index (χ1) is 55.5. The summed E-state index contributed by atoms with van der Waals surface area (Å²) in [5.41, 5.74) is 34.7. The van der Waals surface area contributed by atoms with E-state index in [2.05, 4.69) is 297 Å². The fraction of sp³-hybridized carbons (Fsp3) is 0.429. The highest BCUT2D eigenvalue weighted by molar-refractivity contribution is 5.88. The summed E-state index contributed by atoms with van der Waals surface area (Å²) in [5.74, 6) is 3.31. The summed E-state index contributed by atoms with van der Waals surface area (Å²) >= 11 is 0. The molecule has 2 heteroatoms. The standard InChI is InChI=1S/C62H77N.C50H53N/c1-6-10-13-16-19-48-23-29-53(30-24-48)63(54-31-27-52(28-32-54)61-43-49-39-50(44-61)42-60(41-49,45-61)51-25-21-47(9-4)22-26-51)55-33-35-57-56-34-20-46(5)38-58(56)62(59(57)40-55,36-17-14-11-7-2)37-18-15-12-8-3;1-6-8-9-36-13-19-41(20-14-36)51(43-23-25-47-45(28-43)44-26-34(3)10-24-46(44)48(47,4)5)42-21-17-40(18-22-42)50-31-37-27-38(32-50)30-49(29-37,33-50)39-15-11-35(7-2)12-16-39/h9,20-35,38,40,49-50H,4,6-8,10-19,36-37,39,41-45H2,1-3,5H3;7,10-26,28,37-38H,2,6,8-9,27,29-33H2,1,3-5H3. The highest BCUT2D eigenvalue weighted by Gasteiger charge is 2.60. The highest BCUT2D eigenvalue weighted by atomic mass is 15.1. The molecule has 0 N–H and O–H groups in total. The van der Waals surface area contributed by atoms with Gasteiger partial charge in [-0.25, -0.2) is 0 Å². The normalized spacial score (nSPS) is 23.6. The lowest BCUT2D eigenvalue weighted by molar-refractivity contribution is -0.0282. The third-order valence-electron chi connectivity index (χ3n) is 30.4. The van der Waals surface area contributed by atoms with Gasteiger partial charge in [-0.3, -0.25) is 0 Å². The second-order valence-electron chi connectivity index (χ2n) is 38.6. The van der Waals surface area contributed by atoms with Crippen LogP contribution in [0.3, 0.4) is 0 Å². The Labute approximate surface area is 687 Å². The molecule has 4 atom stereocenters. The minimum absolute atomic E-state index is 0.00673. The van der Waals surface area contributed by atoms with Crippen LogP contribution in [-0.4, -0.2) is 0 Å². The van der Waals surface area contributed by atoms with E-state index in [1.165, 1.54) is 281 Å². The van der Waals surface area contributed by atoms with Gasteiger partial charge in [0.15, 0.2) is 0 Å². The van der Waals surface area contributed by atoms with Gasteiger partial charge in [0, 0.05) is 45.0 Å². The highest BCUT2D eigenvalue weighted by Crippen LogP contribution is 2.69. The number of benzene rings is 10. The second-order valence-corrected chi connectivity index (χ2v) is 38.6.